The van der Waals surface area contributed by atoms with Crippen LogP contribution in [0.1, 0.15) is 20.3 Å². The molecule has 80 valence electrons. The van der Waals surface area contributed by atoms with E-state index in [1.54, 1.807) is 12.1 Å². The summed E-state index contributed by atoms with van der Waals surface area (Å²) in [5.41, 5.74) is 0.188. The maximum Gasteiger partial charge on any atom is 0.336 e. The molecule has 0 bridgehead atoms. The van der Waals surface area contributed by atoms with Gasteiger partial charge in [-0.25, -0.2) is 4.79 Å². The quantitative estimate of drug-likeness (QED) is 0.745. The van der Waals surface area contributed by atoms with Gasteiger partial charge in [0.2, 0.25) is 0 Å². The van der Waals surface area contributed by atoms with Crippen LogP contribution in [0.5, 0.6) is 0 Å². The predicted molar refractivity (Wildman–Crippen MR) is 62.8 cm³/mol. The number of rotatable bonds is 3. The minimum atomic E-state index is -0.342. The van der Waals surface area contributed by atoms with Crippen molar-refractivity contribution in [2.24, 2.45) is 5.92 Å². The molecule has 1 aromatic rings. The smallest absolute Gasteiger partial charge is 0.336 e. The van der Waals surface area contributed by atoms with Crippen molar-refractivity contribution in [3.8, 4) is 0 Å². The van der Waals surface area contributed by atoms with Gasteiger partial charge in [-0.1, -0.05) is 32.6 Å². The lowest BCUT2D eigenvalue weighted by molar-refractivity contribution is 0.474. The highest BCUT2D eigenvalue weighted by Gasteiger charge is 1.87. The molecular formula is C13H16O2. The van der Waals surface area contributed by atoms with Crippen LogP contribution >= 0.6 is 0 Å². The molecule has 0 amide bonds. The third kappa shape index (κ3) is 3.98. The summed E-state index contributed by atoms with van der Waals surface area (Å²) in [6.45, 7) is 8.08. The minimum absolute atomic E-state index is 0.342. The highest BCUT2D eigenvalue weighted by Crippen LogP contribution is 1.99. The lowest BCUT2D eigenvalue weighted by Crippen LogP contribution is -2.26. The van der Waals surface area contributed by atoms with Crippen LogP contribution in [0.3, 0.4) is 0 Å². The fraction of sp³-hybridized carbons (Fsp3) is 0.308. The molecule has 0 atom stereocenters. The van der Waals surface area contributed by atoms with E-state index >= 15 is 0 Å². The van der Waals surface area contributed by atoms with Crippen LogP contribution in [0.25, 0.3) is 12.7 Å². The van der Waals surface area contributed by atoms with E-state index in [9.17, 15) is 4.79 Å². The Morgan fingerprint density at radius 3 is 2.87 bits per heavy atom. The van der Waals surface area contributed by atoms with Crippen LogP contribution in [-0.2, 0) is 0 Å². The zero-order chi connectivity index (χ0) is 11.3. The van der Waals surface area contributed by atoms with E-state index in [-0.39, 0.29) is 5.63 Å². The SMILES string of the molecule is C=c1ccc(=O)o/c1=C/C=C\CC(C)C. The van der Waals surface area contributed by atoms with Crippen molar-refractivity contribution < 1.29 is 4.42 Å². The second-order valence-corrected chi connectivity index (χ2v) is 3.87. The Labute approximate surface area is 89.2 Å². The van der Waals surface area contributed by atoms with Crippen LogP contribution in [0.15, 0.2) is 33.5 Å². The van der Waals surface area contributed by atoms with Gasteiger partial charge >= 0.3 is 5.63 Å². The Kier molecular flexibility index (Phi) is 4.10. The van der Waals surface area contributed by atoms with E-state index in [0.717, 1.165) is 11.6 Å². The minimum Gasteiger partial charge on any atom is -0.423 e. The summed E-state index contributed by atoms with van der Waals surface area (Å²) in [4.78, 5) is 10.9. The van der Waals surface area contributed by atoms with Crippen LogP contribution in [0.2, 0.25) is 0 Å². The van der Waals surface area contributed by atoms with Crippen molar-refractivity contribution in [3.63, 3.8) is 0 Å². The summed E-state index contributed by atoms with van der Waals surface area (Å²) in [6, 6.07) is 3.03. The molecular weight excluding hydrogens is 188 g/mol. The van der Waals surface area contributed by atoms with Gasteiger partial charge in [-0.2, -0.15) is 0 Å². The first kappa shape index (κ1) is 11.5. The maximum absolute atomic E-state index is 10.9. The fourth-order valence-corrected chi connectivity index (χ4v) is 1.11. The summed E-state index contributed by atoms with van der Waals surface area (Å²) in [5, 5.41) is 0.726. The first-order chi connectivity index (χ1) is 7.09. The molecule has 0 saturated heterocycles. The molecule has 0 aliphatic heterocycles. The average molecular weight is 204 g/mol. The van der Waals surface area contributed by atoms with Gasteiger partial charge in [0, 0.05) is 11.3 Å². The van der Waals surface area contributed by atoms with E-state index in [0.29, 0.717) is 11.3 Å². The number of allylic oxidation sites excluding steroid dienone is 2. The molecule has 15 heavy (non-hydrogen) atoms. The zero-order valence-electron chi connectivity index (χ0n) is 9.19. The molecule has 2 nitrogen and oxygen atoms in total. The third-order valence-corrected chi connectivity index (χ3v) is 1.94. The Hall–Kier alpha value is -1.57. The van der Waals surface area contributed by atoms with E-state index in [1.165, 1.54) is 6.07 Å². The number of hydrogen-bond acceptors (Lipinski definition) is 2. The lowest BCUT2D eigenvalue weighted by Gasteiger charge is -1.94. The molecule has 0 unspecified atom stereocenters. The second kappa shape index (κ2) is 5.35. The van der Waals surface area contributed by atoms with Gasteiger partial charge in [-0.05, 0) is 24.5 Å². The van der Waals surface area contributed by atoms with Gasteiger partial charge < -0.3 is 4.42 Å². The van der Waals surface area contributed by atoms with Crippen molar-refractivity contribution >= 4 is 12.7 Å². The Morgan fingerprint density at radius 2 is 2.20 bits per heavy atom. The topological polar surface area (TPSA) is 30.2 Å². The first-order valence-corrected chi connectivity index (χ1v) is 5.05. The van der Waals surface area contributed by atoms with E-state index in [2.05, 4.69) is 26.5 Å². The summed E-state index contributed by atoms with van der Waals surface area (Å²) in [6.07, 6.45) is 6.73. The highest BCUT2D eigenvalue weighted by atomic mass is 16.4. The van der Waals surface area contributed by atoms with Crippen molar-refractivity contribution in [2.45, 2.75) is 20.3 Å². The Balaban J connectivity index is 2.91. The van der Waals surface area contributed by atoms with Gasteiger partial charge in [0.15, 0.2) is 0 Å². The summed E-state index contributed by atoms with van der Waals surface area (Å²) in [7, 11) is 0. The van der Waals surface area contributed by atoms with Crippen LogP contribution in [0, 0.1) is 5.92 Å². The van der Waals surface area contributed by atoms with Gasteiger partial charge in [0.25, 0.3) is 0 Å². The average Bonchev–Trinajstić information content (AvgIpc) is 2.17. The molecule has 0 fully saturated rings. The van der Waals surface area contributed by atoms with Crippen molar-refractivity contribution in [2.75, 3.05) is 0 Å². The fourth-order valence-electron chi connectivity index (χ4n) is 1.11. The predicted octanol–water partition coefficient (Wildman–Crippen LogP) is 1.43. The zero-order valence-corrected chi connectivity index (χ0v) is 9.19. The molecule has 0 aliphatic carbocycles. The Bertz CT molecular complexity index is 492. The number of hydrogen-bond donors (Lipinski definition) is 0. The van der Waals surface area contributed by atoms with Crippen LogP contribution < -0.4 is 16.3 Å². The molecule has 1 aromatic heterocycles. The molecule has 0 aromatic carbocycles. The largest absolute Gasteiger partial charge is 0.423 e. The van der Waals surface area contributed by atoms with Gasteiger partial charge in [0.05, 0.1) is 0 Å². The molecule has 0 radical (unpaired) electrons. The van der Waals surface area contributed by atoms with Crippen LogP contribution in [-0.4, -0.2) is 0 Å². The first-order valence-electron chi connectivity index (χ1n) is 5.05. The normalized spacial score (nSPS) is 12.9. The highest BCUT2D eigenvalue weighted by molar-refractivity contribution is 5.33. The maximum atomic E-state index is 10.9. The van der Waals surface area contributed by atoms with E-state index in [4.69, 9.17) is 4.42 Å². The van der Waals surface area contributed by atoms with Crippen LogP contribution in [0.4, 0.5) is 0 Å². The summed E-state index contributed by atoms with van der Waals surface area (Å²) in [5.74, 6) is 0.636. The Morgan fingerprint density at radius 1 is 1.47 bits per heavy atom. The molecule has 2 heteroatoms. The molecule has 0 N–H and O–H groups in total. The molecule has 1 heterocycles. The van der Waals surface area contributed by atoms with Gasteiger partial charge in [0.1, 0.15) is 5.42 Å². The van der Waals surface area contributed by atoms with E-state index < -0.39 is 0 Å². The van der Waals surface area contributed by atoms with Crippen molar-refractivity contribution in [1.82, 2.24) is 0 Å². The van der Waals surface area contributed by atoms with Gasteiger partial charge in [-0.3, -0.25) is 0 Å². The van der Waals surface area contributed by atoms with Crippen molar-refractivity contribution in [1.29, 1.82) is 0 Å². The second-order valence-electron chi connectivity index (χ2n) is 3.87. The molecule has 1 rings (SSSR count). The standard InChI is InChI=1S/C13H16O2/c1-10(2)6-4-5-7-12-11(3)8-9-13(14)15-12/h4-5,7-10H,3,6H2,1-2H3/b5-4-,12-7+. The van der Waals surface area contributed by atoms with Crippen molar-refractivity contribution in [3.05, 3.63) is 45.3 Å². The molecule has 0 saturated carbocycles. The monoisotopic (exact) mass is 204 g/mol. The van der Waals surface area contributed by atoms with Gasteiger partial charge in [-0.15, -0.1) is 0 Å². The summed E-state index contributed by atoms with van der Waals surface area (Å²) < 4.78 is 4.99. The lowest BCUT2D eigenvalue weighted by atomic mass is 10.1. The molecule has 0 spiro atoms. The molecule has 0 aliphatic rings. The van der Waals surface area contributed by atoms with E-state index in [1.807, 2.05) is 6.08 Å². The summed E-state index contributed by atoms with van der Waals surface area (Å²) >= 11 is 0. The third-order valence-electron chi connectivity index (χ3n) is 1.94.